The summed E-state index contributed by atoms with van der Waals surface area (Å²) >= 11 is 0. The molecule has 0 saturated carbocycles. The van der Waals surface area contributed by atoms with Crippen LogP contribution in [-0.2, 0) is 4.74 Å². The molecule has 6 heteroatoms. The fourth-order valence-corrected chi connectivity index (χ4v) is 3.25. The fraction of sp³-hybridized carbons (Fsp3) is 0.647. The number of carbonyl (C=O) groups is 1. The van der Waals surface area contributed by atoms with Gasteiger partial charge in [-0.05, 0) is 45.0 Å². The number of amides is 1. The lowest BCUT2D eigenvalue weighted by atomic mass is 10.2. The molecule has 1 N–H and O–H groups in total. The minimum Gasteiger partial charge on any atom is -0.378 e. The van der Waals surface area contributed by atoms with Crippen molar-refractivity contribution >= 4 is 11.7 Å². The van der Waals surface area contributed by atoms with E-state index in [1.165, 1.54) is 12.8 Å². The Morgan fingerprint density at radius 3 is 2.78 bits per heavy atom. The van der Waals surface area contributed by atoms with Gasteiger partial charge in [-0.3, -0.25) is 9.69 Å². The van der Waals surface area contributed by atoms with Crippen LogP contribution in [0.15, 0.2) is 18.3 Å². The van der Waals surface area contributed by atoms with E-state index < -0.39 is 0 Å². The van der Waals surface area contributed by atoms with Crippen LogP contribution in [-0.4, -0.2) is 67.8 Å². The summed E-state index contributed by atoms with van der Waals surface area (Å²) in [7, 11) is 0. The first-order valence-corrected chi connectivity index (χ1v) is 8.55. The molecule has 0 unspecified atom stereocenters. The first-order valence-electron chi connectivity index (χ1n) is 8.55. The van der Waals surface area contributed by atoms with Crippen molar-refractivity contribution in [1.82, 2.24) is 15.2 Å². The predicted molar refractivity (Wildman–Crippen MR) is 89.9 cm³/mol. The molecule has 1 aromatic rings. The molecule has 2 aliphatic heterocycles. The molecular formula is C17H26N4O2. The summed E-state index contributed by atoms with van der Waals surface area (Å²) in [5.41, 5.74) is 0.656. The zero-order valence-corrected chi connectivity index (χ0v) is 13.8. The maximum atomic E-state index is 12.6. The average Bonchev–Trinajstić information content (AvgIpc) is 3.15. The molecule has 2 fully saturated rings. The summed E-state index contributed by atoms with van der Waals surface area (Å²) in [5, 5.41) is 3.08. The standard InChI is InChI=1S/C17H26N4O2/c1-14(20-7-2-3-8-20)13-19-17(22)15-5-4-6-18-16(15)21-9-11-23-12-10-21/h4-6,14H,2-3,7-13H2,1H3,(H,19,22)/t14-/m1/s1. The first kappa shape index (κ1) is 16.2. The van der Waals surface area contributed by atoms with Crippen LogP contribution < -0.4 is 10.2 Å². The first-order chi connectivity index (χ1) is 11.3. The lowest BCUT2D eigenvalue weighted by Crippen LogP contribution is -2.42. The number of carbonyl (C=O) groups excluding carboxylic acids is 1. The van der Waals surface area contributed by atoms with Gasteiger partial charge in [0, 0.05) is 31.9 Å². The van der Waals surface area contributed by atoms with E-state index in [2.05, 4.69) is 27.0 Å². The highest BCUT2D eigenvalue weighted by molar-refractivity contribution is 5.98. The van der Waals surface area contributed by atoms with Gasteiger partial charge in [0.05, 0.1) is 18.8 Å². The van der Waals surface area contributed by atoms with Crippen LogP contribution in [0.3, 0.4) is 0 Å². The Kier molecular flexibility index (Phi) is 5.46. The van der Waals surface area contributed by atoms with E-state index in [4.69, 9.17) is 4.74 Å². The Labute approximate surface area is 137 Å². The molecular weight excluding hydrogens is 292 g/mol. The second-order valence-corrected chi connectivity index (χ2v) is 6.28. The van der Waals surface area contributed by atoms with Crippen molar-refractivity contribution in [2.75, 3.05) is 50.8 Å². The normalized spacial score (nSPS) is 20.5. The van der Waals surface area contributed by atoms with Crippen molar-refractivity contribution in [2.45, 2.75) is 25.8 Å². The van der Waals surface area contributed by atoms with Crippen LogP contribution in [0.25, 0.3) is 0 Å². The molecule has 126 valence electrons. The third kappa shape index (κ3) is 4.00. The number of rotatable bonds is 5. The van der Waals surface area contributed by atoms with Crippen molar-refractivity contribution in [3.05, 3.63) is 23.9 Å². The topological polar surface area (TPSA) is 57.7 Å². The molecule has 23 heavy (non-hydrogen) atoms. The highest BCUT2D eigenvalue weighted by Crippen LogP contribution is 2.18. The molecule has 1 amide bonds. The Morgan fingerprint density at radius 1 is 1.30 bits per heavy atom. The molecule has 2 aliphatic rings. The smallest absolute Gasteiger partial charge is 0.255 e. The molecule has 2 saturated heterocycles. The molecule has 0 radical (unpaired) electrons. The summed E-state index contributed by atoms with van der Waals surface area (Å²) in [4.78, 5) is 21.6. The van der Waals surface area contributed by atoms with Gasteiger partial charge in [0.25, 0.3) is 5.91 Å². The zero-order valence-electron chi connectivity index (χ0n) is 13.8. The second-order valence-electron chi connectivity index (χ2n) is 6.28. The second kappa shape index (κ2) is 7.75. The van der Waals surface area contributed by atoms with Crippen LogP contribution in [0.2, 0.25) is 0 Å². The van der Waals surface area contributed by atoms with E-state index in [1.54, 1.807) is 6.20 Å². The molecule has 6 nitrogen and oxygen atoms in total. The quantitative estimate of drug-likeness (QED) is 0.882. The SMILES string of the molecule is C[C@H](CNC(=O)c1cccnc1N1CCOCC1)N1CCCC1. The van der Waals surface area contributed by atoms with Gasteiger partial charge in [-0.15, -0.1) is 0 Å². The van der Waals surface area contributed by atoms with Crippen LogP contribution in [0.5, 0.6) is 0 Å². The largest absolute Gasteiger partial charge is 0.378 e. The Hall–Kier alpha value is -1.66. The third-order valence-corrected chi connectivity index (χ3v) is 4.66. The monoisotopic (exact) mass is 318 g/mol. The predicted octanol–water partition coefficient (Wildman–Crippen LogP) is 1.13. The average molecular weight is 318 g/mol. The van der Waals surface area contributed by atoms with Gasteiger partial charge < -0.3 is 15.0 Å². The minimum absolute atomic E-state index is 0.0364. The highest BCUT2D eigenvalue weighted by atomic mass is 16.5. The number of pyridine rings is 1. The zero-order chi connectivity index (χ0) is 16.1. The van der Waals surface area contributed by atoms with E-state index >= 15 is 0 Å². The van der Waals surface area contributed by atoms with E-state index in [-0.39, 0.29) is 5.91 Å². The van der Waals surface area contributed by atoms with Gasteiger partial charge in [0.15, 0.2) is 0 Å². The third-order valence-electron chi connectivity index (χ3n) is 4.66. The van der Waals surface area contributed by atoms with Crippen molar-refractivity contribution < 1.29 is 9.53 Å². The molecule has 0 spiro atoms. The van der Waals surface area contributed by atoms with Crippen molar-refractivity contribution in [1.29, 1.82) is 0 Å². The molecule has 0 aliphatic carbocycles. The number of likely N-dealkylation sites (tertiary alicyclic amines) is 1. The van der Waals surface area contributed by atoms with E-state index in [1.807, 2.05) is 12.1 Å². The van der Waals surface area contributed by atoms with Gasteiger partial charge in [0.1, 0.15) is 5.82 Å². The van der Waals surface area contributed by atoms with Gasteiger partial charge in [-0.2, -0.15) is 0 Å². The van der Waals surface area contributed by atoms with Crippen LogP contribution >= 0.6 is 0 Å². The lowest BCUT2D eigenvalue weighted by Gasteiger charge is -2.29. The molecule has 3 rings (SSSR count). The number of nitrogens with zero attached hydrogens (tertiary/aromatic N) is 3. The Bertz CT molecular complexity index is 525. The van der Waals surface area contributed by atoms with Crippen LogP contribution in [0.1, 0.15) is 30.1 Å². The number of morpholine rings is 1. The number of ether oxygens (including phenoxy) is 1. The van der Waals surface area contributed by atoms with Gasteiger partial charge >= 0.3 is 0 Å². The van der Waals surface area contributed by atoms with Crippen molar-refractivity contribution in [3.8, 4) is 0 Å². The Morgan fingerprint density at radius 2 is 2.04 bits per heavy atom. The van der Waals surface area contributed by atoms with Crippen LogP contribution in [0.4, 0.5) is 5.82 Å². The van der Waals surface area contributed by atoms with E-state index in [0.29, 0.717) is 31.4 Å². The fourth-order valence-electron chi connectivity index (χ4n) is 3.25. The minimum atomic E-state index is -0.0364. The molecule has 0 aromatic carbocycles. The van der Waals surface area contributed by atoms with Crippen molar-refractivity contribution in [3.63, 3.8) is 0 Å². The lowest BCUT2D eigenvalue weighted by molar-refractivity contribution is 0.0938. The van der Waals surface area contributed by atoms with E-state index in [0.717, 1.165) is 32.0 Å². The maximum absolute atomic E-state index is 12.6. The summed E-state index contributed by atoms with van der Waals surface area (Å²) in [6, 6.07) is 4.06. The summed E-state index contributed by atoms with van der Waals surface area (Å²) < 4.78 is 5.38. The number of nitrogens with one attached hydrogen (secondary N) is 1. The van der Waals surface area contributed by atoms with Gasteiger partial charge in [-0.25, -0.2) is 4.98 Å². The van der Waals surface area contributed by atoms with Crippen LogP contribution in [0, 0.1) is 0 Å². The summed E-state index contributed by atoms with van der Waals surface area (Å²) in [5.74, 6) is 0.729. The van der Waals surface area contributed by atoms with E-state index in [9.17, 15) is 4.79 Å². The summed E-state index contributed by atoms with van der Waals surface area (Å²) in [6.45, 7) is 8.07. The Balaban J connectivity index is 1.62. The number of anilines is 1. The molecule has 1 aromatic heterocycles. The highest BCUT2D eigenvalue weighted by Gasteiger charge is 2.22. The maximum Gasteiger partial charge on any atom is 0.255 e. The summed E-state index contributed by atoms with van der Waals surface area (Å²) in [6.07, 6.45) is 4.28. The number of hydrogen-bond donors (Lipinski definition) is 1. The molecule has 3 heterocycles. The van der Waals surface area contributed by atoms with Gasteiger partial charge in [0.2, 0.25) is 0 Å². The van der Waals surface area contributed by atoms with Crippen molar-refractivity contribution in [2.24, 2.45) is 0 Å². The molecule has 1 atom stereocenters. The van der Waals surface area contributed by atoms with Gasteiger partial charge in [-0.1, -0.05) is 0 Å². The number of aromatic nitrogens is 1. The molecule has 0 bridgehead atoms. The number of hydrogen-bond acceptors (Lipinski definition) is 5.